The molecule has 1 saturated heterocycles. The van der Waals surface area contributed by atoms with Gasteiger partial charge < -0.3 is 14.7 Å². The molecule has 102 valence electrons. The number of likely N-dealkylation sites (tertiary alicyclic amines) is 1. The highest BCUT2D eigenvalue weighted by molar-refractivity contribution is 5.89. The molecule has 0 atom stereocenters. The number of carboxylic acid groups (broad SMARTS) is 1. The van der Waals surface area contributed by atoms with E-state index in [0.717, 1.165) is 25.9 Å². The summed E-state index contributed by atoms with van der Waals surface area (Å²) in [7, 11) is 0. The molecule has 5 heteroatoms. The van der Waals surface area contributed by atoms with Crippen LogP contribution in [0.3, 0.4) is 0 Å². The molecule has 1 heterocycles. The van der Waals surface area contributed by atoms with Gasteiger partial charge in [0.15, 0.2) is 6.61 Å². The molecule has 0 bridgehead atoms. The summed E-state index contributed by atoms with van der Waals surface area (Å²) in [6.45, 7) is 3.26. The Kier molecular flexibility index (Phi) is 4.04. The number of carbonyl (C=O) groups is 2. The number of rotatable bonds is 4. The van der Waals surface area contributed by atoms with Crippen molar-refractivity contribution in [2.75, 3.05) is 19.7 Å². The van der Waals surface area contributed by atoms with E-state index in [0.29, 0.717) is 11.3 Å². The first-order valence-electron chi connectivity index (χ1n) is 6.32. The van der Waals surface area contributed by atoms with Crippen molar-refractivity contribution in [1.29, 1.82) is 0 Å². The van der Waals surface area contributed by atoms with Crippen molar-refractivity contribution in [3.8, 4) is 5.75 Å². The van der Waals surface area contributed by atoms with Gasteiger partial charge in [-0.15, -0.1) is 0 Å². The Hall–Kier alpha value is -2.04. The van der Waals surface area contributed by atoms with E-state index in [9.17, 15) is 9.59 Å². The Morgan fingerprint density at radius 1 is 1.32 bits per heavy atom. The Morgan fingerprint density at radius 2 is 2.00 bits per heavy atom. The number of benzene rings is 1. The zero-order chi connectivity index (χ0) is 13.8. The Morgan fingerprint density at radius 3 is 2.63 bits per heavy atom. The summed E-state index contributed by atoms with van der Waals surface area (Å²) < 4.78 is 5.37. The number of carboxylic acids is 1. The number of amides is 1. The number of aromatic carboxylic acids is 1. The largest absolute Gasteiger partial charge is 0.484 e. The van der Waals surface area contributed by atoms with Crippen LogP contribution < -0.4 is 4.74 Å². The van der Waals surface area contributed by atoms with Crippen LogP contribution >= 0.6 is 0 Å². The van der Waals surface area contributed by atoms with Crippen molar-refractivity contribution in [2.24, 2.45) is 0 Å². The average Bonchev–Trinajstić information content (AvgIpc) is 2.91. The fourth-order valence-corrected chi connectivity index (χ4v) is 2.12. The summed E-state index contributed by atoms with van der Waals surface area (Å²) in [5.41, 5.74) is 0.872. The minimum atomic E-state index is -0.992. The molecule has 0 unspecified atom stereocenters. The number of aryl methyl sites for hydroxylation is 1. The maximum atomic E-state index is 11.8. The predicted octanol–water partition coefficient (Wildman–Crippen LogP) is 1.69. The monoisotopic (exact) mass is 263 g/mol. The van der Waals surface area contributed by atoms with Gasteiger partial charge in [0.25, 0.3) is 5.91 Å². The lowest BCUT2D eigenvalue weighted by atomic mass is 10.1. The Bertz CT molecular complexity index is 492. The third kappa shape index (κ3) is 3.24. The number of carbonyl (C=O) groups excluding carboxylic acids is 1. The molecule has 0 aromatic heterocycles. The normalized spacial score (nSPS) is 14.5. The van der Waals surface area contributed by atoms with E-state index in [1.807, 2.05) is 0 Å². The van der Waals surface area contributed by atoms with E-state index < -0.39 is 5.97 Å². The third-order valence-corrected chi connectivity index (χ3v) is 3.26. The fourth-order valence-electron chi connectivity index (χ4n) is 2.12. The van der Waals surface area contributed by atoms with Crippen LogP contribution in [0.5, 0.6) is 5.75 Å². The predicted molar refractivity (Wildman–Crippen MR) is 69.4 cm³/mol. The number of hydrogen-bond acceptors (Lipinski definition) is 3. The molecule has 0 aliphatic carbocycles. The van der Waals surface area contributed by atoms with Crippen LogP contribution in [-0.4, -0.2) is 41.6 Å². The molecule has 1 N–H and O–H groups in total. The van der Waals surface area contributed by atoms with Crippen LogP contribution in [0.15, 0.2) is 18.2 Å². The molecule has 0 radical (unpaired) electrons. The van der Waals surface area contributed by atoms with Crippen LogP contribution in [0.1, 0.15) is 28.8 Å². The van der Waals surface area contributed by atoms with Crippen molar-refractivity contribution in [2.45, 2.75) is 19.8 Å². The topological polar surface area (TPSA) is 66.8 Å². The zero-order valence-corrected chi connectivity index (χ0v) is 10.9. The molecular formula is C14H17NO4. The Labute approximate surface area is 111 Å². The van der Waals surface area contributed by atoms with E-state index >= 15 is 0 Å². The van der Waals surface area contributed by atoms with Gasteiger partial charge in [-0.2, -0.15) is 0 Å². The van der Waals surface area contributed by atoms with Gasteiger partial charge in [-0.3, -0.25) is 4.79 Å². The van der Waals surface area contributed by atoms with Gasteiger partial charge in [0.1, 0.15) is 5.75 Å². The summed E-state index contributed by atoms with van der Waals surface area (Å²) in [4.78, 5) is 24.5. The minimum Gasteiger partial charge on any atom is -0.484 e. The van der Waals surface area contributed by atoms with Crippen molar-refractivity contribution < 1.29 is 19.4 Å². The lowest BCUT2D eigenvalue weighted by Crippen LogP contribution is -2.32. The molecule has 1 aromatic carbocycles. The van der Waals surface area contributed by atoms with Crippen LogP contribution in [0.2, 0.25) is 0 Å². The van der Waals surface area contributed by atoms with Gasteiger partial charge in [-0.05, 0) is 37.5 Å². The molecule has 1 fully saturated rings. The summed E-state index contributed by atoms with van der Waals surface area (Å²) in [5, 5.41) is 9.01. The standard InChI is InChI=1S/C14H17NO4/c1-10-4-5-11(8-12(10)14(17)18)19-9-13(16)15-6-2-3-7-15/h4-5,8H,2-3,6-7,9H2,1H3,(H,17,18). The van der Waals surface area contributed by atoms with E-state index in [4.69, 9.17) is 9.84 Å². The second-order valence-electron chi connectivity index (χ2n) is 4.66. The number of hydrogen-bond donors (Lipinski definition) is 1. The second-order valence-corrected chi connectivity index (χ2v) is 4.66. The zero-order valence-electron chi connectivity index (χ0n) is 10.9. The average molecular weight is 263 g/mol. The van der Waals surface area contributed by atoms with Gasteiger partial charge in [0.2, 0.25) is 0 Å². The molecule has 0 saturated carbocycles. The molecule has 19 heavy (non-hydrogen) atoms. The molecule has 5 nitrogen and oxygen atoms in total. The summed E-state index contributed by atoms with van der Waals surface area (Å²) in [6, 6.07) is 4.81. The highest BCUT2D eigenvalue weighted by Gasteiger charge is 2.18. The van der Waals surface area contributed by atoms with Crippen LogP contribution in [0, 0.1) is 6.92 Å². The second kappa shape index (κ2) is 5.73. The van der Waals surface area contributed by atoms with Crippen molar-refractivity contribution in [1.82, 2.24) is 4.90 Å². The van der Waals surface area contributed by atoms with Crippen LogP contribution in [-0.2, 0) is 4.79 Å². The molecule has 2 rings (SSSR count). The van der Waals surface area contributed by atoms with E-state index in [1.54, 1.807) is 24.0 Å². The fraction of sp³-hybridized carbons (Fsp3) is 0.429. The smallest absolute Gasteiger partial charge is 0.336 e. The number of ether oxygens (including phenoxy) is 1. The maximum absolute atomic E-state index is 11.8. The third-order valence-electron chi connectivity index (χ3n) is 3.26. The molecule has 1 aliphatic heterocycles. The first-order chi connectivity index (χ1) is 9.08. The van der Waals surface area contributed by atoms with E-state index in [1.165, 1.54) is 6.07 Å². The van der Waals surface area contributed by atoms with Crippen molar-refractivity contribution in [3.05, 3.63) is 29.3 Å². The molecular weight excluding hydrogens is 246 g/mol. The molecule has 0 spiro atoms. The van der Waals surface area contributed by atoms with Gasteiger partial charge in [-0.25, -0.2) is 4.79 Å². The molecule has 1 aliphatic rings. The first kappa shape index (κ1) is 13.4. The van der Waals surface area contributed by atoms with Crippen molar-refractivity contribution in [3.63, 3.8) is 0 Å². The summed E-state index contributed by atoms with van der Waals surface area (Å²) >= 11 is 0. The van der Waals surface area contributed by atoms with Crippen LogP contribution in [0.4, 0.5) is 0 Å². The highest BCUT2D eigenvalue weighted by Crippen LogP contribution is 2.18. The minimum absolute atomic E-state index is 0.0396. The number of nitrogens with zero attached hydrogens (tertiary/aromatic N) is 1. The van der Waals surface area contributed by atoms with Gasteiger partial charge in [0.05, 0.1) is 5.56 Å². The molecule has 1 amide bonds. The van der Waals surface area contributed by atoms with Gasteiger partial charge in [0, 0.05) is 13.1 Å². The highest BCUT2D eigenvalue weighted by atomic mass is 16.5. The lowest BCUT2D eigenvalue weighted by molar-refractivity contribution is -0.132. The van der Waals surface area contributed by atoms with Crippen LogP contribution in [0.25, 0.3) is 0 Å². The SMILES string of the molecule is Cc1ccc(OCC(=O)N2CCCC2)cc1C(=O)O. The summed E-state index contributed by atoms with van der Waals surface area (Å²) in [6.07, 6.45) is 2.08. The van der Waals surface area contributed by atoms with Gasteiger partial charge in [-0.1, -0.05) is 6.07 Å². The Balaban J connectivity index is 1.97. The van der Waals surface area contributed by atoms with Gasteiger partial charge >= 0.3 is 5.97 Å². The molecule has 1 aromatic rings. The summed E-state index contributed by atoms with van der Waals surface area (Å²) in [5.74, 6) is -0.626. The van der Waals surface area contributed by atoms with E-state index in [-0.39, 0.29) is 18.1 Å². The lowest BCUT2D eigenvalue weighted by Gasteiger charge is -2.15. The maximum Gasteiger partial charge on any atom is 0.336 e. The quantitative estimate of drug-likeness (QED) is 0.897. The van der Waals surface area contributed by atoms with Crippen molar-refractivity contribution >= 4 is 11.9 Å². The first-order valence-corrected chi connectivity index (χ1v) is 6.32. The van der Waals surface area contributed by atoms with E-state index in [2.05, 4.69) is 0 Å².